The Kier molecular flexibility index (Phi) is 2.44. The minimum absolute atomic E-state index is 0.424. The predicted molar refractivity (Wildman–Crippen MR) is 59.7 cm³/mol. The average Bonchev–Trinajstić information content (AvgIpc) is 2.61. The van der Waals surface area contributed by atoms with Gasteiger partial charge in [0.1, 0.15) is 0 Å². The maximum absolute atomic E-state index is 5.58. The number of aryl methyl sites for hydroxylation is 1. The molecule has 0 aromatic carbocycles. The SMILES string of the molecule is Cc1cc(CN)nc2cc(C(C)C)nn12. The molecule has 0 spiro atoms. The standard InChI is InChI=1S/C11H16N4/c1-7(2)10-5-11-13-9(6-12)4-8(3)15(11)14-10/h4-5,7H,6,12H2,1-3H3. The molecule has 0 aliphatic rings. The molecule has 0 fully saturated rings. The number of aromatic nitrogens is 3. The monoisotopic (exact) mass is 204 g/mol. The molecule has 2 heterocycles. The van der Waals surface area contributed by atoms with Gasteiger partial charge in [-0.3, -0.25) is 0 Å². The molecule has 0 amide bonds. The van der Waals surface area contributed by atoms with Crippen molar-refractivity contribution in [1.29, 1.82) is 0 Å². The summed E-state index contributed by atoms with van der Waals surface area (Å²) >= 11 is 0. The van der Waals surface area contributed by atoms with Crippen LogP contribution in [0.4, 0.5) is 0 Å². The summed E-state index contributed by atoms with van der Waals surface area (Å²) in [5.74, 6) is 0.424. The van der Waals surface area contributed by atoms with Crippen molar-refractivity contribution in [2.75, 3.05) is 0 Å². The van der Waals surface area contributed by atoms with Gasteiger partial charge in [-0.15, -0.1) is 0 Å². The highest BCUT2D eigenvalue weighted by atomic mass is 15.3. The molecule has 0 saturated carbocycles. The van der Waals surface area contributed by atoms with Crippen molar-refractivity contribution < 1.29 is 0 Å². The molecule has 2 aromatic heterocycles. The van der Waals surface area contributed by atoms with Crippen LogP contribution in [0.15, 0.2) is 12.1 Å². The van der Waals surface area contributed by atoms with Gasteiger partial charge < -0.3 is 5.73 Å². The van der Waals surface area contributed by atoms with Gasteiger partial charge in [-0.1, -0.05) is 13.8 Å². The van der Waals surface area contributed by atoms with Gasteiger partial charge in [0.15, 0.2) is 5.65 Å². The first-order valence-electron chi connectivity index (χ1n) is 5.18. The highest BCUT2D eigenvalue weighted by molar-refractivity contribution is 5.42. The number of nitrogens with two attached hydrogens (primary N) is 1. The number of fused-ring (bicyclic) bond motifs is 1. The minimum atomic E-state index is 0.424. The topological polar surface area (TPSA) is 56.2 Å². The zero-order valence-corrected chi connectivity index (χ0v) is 9.36. The molecular weight excluding hydrogens is 188 g/mol. The van der Waals surface area contributed by atoms with E-state index in [-0.39, 0.29) is 0 Å². The van der Waals surface area contributed by atoms with E-state index in [2.05, 4.69) is 23.9 Å². The third-order valence-electron chi connectivity index (χ3n) is 2.48. The van der Waals surface area contributed by atoms with E-state index in [0.717, 1.165) is 22.7 Å². The van der Waals surface area contributed by atoms with Gasteiger partial charge in [-0.2, -0.15) is 5.10 Å². The van der Waals surface area contributed by atoms with E-state index in [0.29, 0.717) is 12.5 Å². The maximum Gasteiger partial charge on any atom is 0.155 e. The van der Waals surface area contributed by atoms with Gasteiger partial charge in [0, 0.05) is 18.3 Å². The molecule has 0 aliphatic carbocycles. The van der Waals surface area contributed by atoms with Gasteiger partial charge in [0.25, 0.3) is 0 Å². The van der Waals surface area contributed by atoms with Crippen LogP contribution in [0.1, 0.15) is 36.8 Å². The summed E-state index contributed by atoms with van der Waals surface area (Å²) < 4.78 is 1.87. The zero-order valence-electron chi connectivity index (χ0n) is 9.36. The van der Waals surface area contributed by atoms with Gasteiger partial charge in [0.2, 0.25) is 0 Å². The molecule has 80 valence electrons. The molecule has 0 saturated heterocycles. The lowest BCUT2D eigenvalue weighted by atomic mass is 10.1. The highest BCUT2D eigenvalue weighted by Gasteiger charge is 2.08. The van der Waals surface area contributed by atoms with Crippen LogP contribution in [0.2, 0.25) is 0 Å². The van der Waals surface area contributed by atoms with E-state index in [4.69, 9.17) is 5.73 Å². The van der Waals surface area contributed by atoms with E-state index in [9.17, 15) is 0 Å². The van der Waals surface area contributed by atoms with Crippen LogP contribution in [0.25, 0.3) is 5.65 Å². The van der Waals surface area contributed by atoms with E-state index >= 15 is 0 Å². The van der Waals surface area contributed by atoms with E-state index in [1.807, 2.05) is 23.6 Å². The third kappa shape index (κ3) is 1.72. The van der Waals surface area contributed by atoms with Crippen molar-refractivity contribution in [3.63, 3.8) is 0 Å². The molecule has 0 unspecified atom stereocenters. The van der Waals surface area contributed by atoms with Crippen molar-refractivity contribution in [2.45, 2.75) is 33.2 Å². The average molecular weight is 204 g/mol. The quantitative estimate of drug-likeness (QED) is 0.808. The van der Waals surface area contributed by atoms with Crippen molar-refractivity contribution in [2.24, 2.45) is 5.73 Å². The lowest BCUT2D eigenvalue weighted by Gasteiger charge is -2.01. The first-order chi connectivity index (χ1) is 7.11. The second-order valence-electron chi connectivity index (χ2n) is 4.09. The molecule has 4 nitrogen and oxygen atoms in total. The van der Waals surface area contributed by atoms with Gasteiger partial charge in [0.05, 0.1) is 11.4 Å². The Morgan fingerprint density at radius 3 is 2.73 bits per heavy atom. The number of hydrogen-bond acceptors (Lipinski definition) is 3. The Morgan fingerprint density at radius 2 is 2.13 bits per heavy atom. The summed E-state index contributed by atoms with van der Waals surface area (Å²) in [6.07, 6.45) is 0. The molecule has 15 heavy (non-hydrogen) atoms. The number of rotatable bonds is 2. The lowest BCUT2D eigenvalue weighted by molar-refractivity contribution is 0.773. The number of nitrogens with zero attached hydrogens (tertiary/aromatic N) is 3. The summed E-state index contributed by atoms with van der Waals surface area (Å²) in [6, 6.07) is 4.00. The largest absolute Gasteiger partial charge is 0.325 e. The first kappa shape index (κ1) is 10.1. The Balaban J connectivity index is 2.64. The zero-order chi connectivity index (χ0) is 11.0. The molecule has 0 bridgehead atoms. The van der Waals surface area contributed by atoms with Crippen molar-refractivity contribution in [1.82, 2.24) is 14.6 Å². The Morgan fingerprint density at radius 1 is 1.40 bits per heavy atom. The lowest BCUT2D eigenvalue weighted by Crippen LogP contribution is -2.04. The normalized spacial score (nSPS) is 11.5. The summed E-state index contributed by atoms with van der Waals surface area (Å²) in [7, 11) is 0. The molecule has 0 radical (unpaired) electrons. The van der Waals surface area contributed by atoms with Crippen LogP contribution in [0, 0.1) is 6.92 Å². The molecule has 0 atom stereocenters. The van der Waals surface area contributed by atoms with E-state index < -0.39 is 0 Å². The summed E-state index contributed by atoms with van der Waals surface area (Å²) in [5.41, 5.74) is 9.53. The van der Waals surface area contributed by atoms with Crippen LogP contribution in [0.5, 0.6) is 0 Å². The van der Waals surface area contributed by atoms with Crippen LogP contribution in [0.3, 0.4) is 0 Å². The van der Waals surface area contributed by atoms with Crippen molar-refractivity contribution >= 4 is 5.65 Å². The third-order valence-corrected chi connectivity index (χ3v) is 2.48. The summed E-state index contributed by atoms with van der Waals surface area (Å²) in [6.45, 7) is 6.74. The molecule has 4 heteroatoms. The Hall–Kier alpha value is -1.42. The van der Waals surface area contributed by atoms with Crippen LogP contribution >= 0.6 is 0 Å². The van der Waals surface area contributed by atoms with Crippen LogP contribution in [-0.4, -0.2) is 14.6 Å². The Labute approximate surface area is 89.1 Å². The summed E-state index contributed by atoms with van der Waals surface area (Å²) in [5, 5.41) is 4.50. The maximum atomic E-state index is 5.58. The molecule has 2 rings (SSSR count). The fraction of sp³-hybridized carbons (Fsp3) is 0.455. The van der Waals surface area contributed by atoms with Gasteiger partial charge >= 0.3 is 0 Å². The Bertz CT molecular complexity index is 485. The van der Waals surface area contributed by atoms with Crippen molar-refractivity contribution in [3.05, 3.63) is 29.2 Å². The fourth-order valence-corrected chi connectivity index (χ4v) is 1.60. The van der Waals surface area contributed by atoms with Crippen molar-refractivity contribution in [3.8, 4) is 0 Å². The smallest absolute Gasteiger partial charge is 0.155 e. The predicted octanol–water partition coefficient (Wildman–Crippen LogP) is 1.62. The van der Waals surface area contributed by atoms with Gasteiger partial charge in [-0.25, -0.2) is 9.50 Å². The van der Waals surface area contributed by atoms with Gasteiger partial charge in [-0.05, 0) is 18.9 Å². The molecular formula is C11H16N4. The summed E-state index contributed by atoms with van der Waals surface area (Å²) in [4.78, 5) is 4.43. The molecule has 2 N–H and O–H groups in total. The van der Waals surface area contributed by atoms with Crippen LogP contribution < -0.4 is 5.73 Å². The second kappa shape index (κ2) is 3.62. The van der Waals surface area contributed by atoms with E-state index in [1.54, 1.807) is 0 Å². The fourth-order valence-electron chi connectivity index (χ4n) is 1.60. The van der Waals surface area contributed by atoms with Crippen LogP contribution in [-0.2, 0) is 6.54 Å². The molecule has 0 aliphatic heterocycles. The number of hydrogen-bond donors (Lipinski definition) is 1. The second-order valence-corrected chi connectivity index (χ2v) is 4.09. The minimum Gasteiger partial charge on any atom is -0.325 e. The first-order valence-corrected chi connectivity index (χ1v) is 5.18. The van der Waals surface area contributed by atoms with E-state index in [1.165, 1.54) is 0 Å². The highest BCUT2D eigenvalue weighted by Crippen LogP contribution is 2.15. The molecule has 2 aromatic rings.